The molecule has 0 saturated heterocycles. The monoisotopic (exact) mass is 527 g/mol. The smallest absolute Gasteiger partial charge is 0.355 e. The Labute approximate surface area is 223 Å². The van der Waals surface area contributed by atoms with E-state index in [0.717, 1.165) is 5.56 Å². The molecular formula is C28H25N5O6. The quantitative estimate of drug-likeness (QED) is 0.268. The summed E-state index contributed by atoms with van der Waals surface area (Å²) < 4.78 is 21.3. The van der Waals surface area contributed by atoms with Gasteiger partial charge in [-0.1, -0.05) is 24.3 Å². The predicted octanol–water partition coefficient (Wildman–Crippen LogP) is 3.91. The molecule has 0 fully saturated rings. The fourth-order valence-corrected chi connectivity index (χ4v) is 4.06. The Morgan fingerprint density at radius 1 is 0.923 bits per heavy atom. The predicted molar refractivity (Wildman–Crippen MR) is 143 cm³/mol. The van der Waals surface area contributed by atoms with Crippen molar-refractivity contribution in [1.29, 1.82) is 0 Å². The Hall–Kier alpha value is -5.16. The van der Waals surface area contributed by atoms with Crippen molar-refractivity contribution >= 4 is 23.3 Å². The number of ether oxygens (including phenoxy) is 4. The molecule has 0 unspecified atom stereocenters. The van der Waals surface area contributed by atoms with Crippen molar-refractivity contribution in [1.82, 2.24) is 15.2 Å². The zero-order chi connectivity index (χ0) is 27.4. The van der Waals surface area contributed by atoms with Crippen LogP contribution in [0.4, 0.5) is 11.4 Å². The van der Waals surface area contributed by atoms with E-state index in [-0.39, 0.29) is 24.6 Å². The summed E-state index contributed by atoms with van der Waals surface area (Å²) in [7, 11) is 2.49. The lowest BCUT2D eigenvalue weighted by Crippen LogP contribution is -2.38. The SMILES string of the molecule is COC(=O)C1=C(C(=O)OC)N(c2cccc(-c3n[nH]c(-c4cccc(Oc5ccc(N)cc5)c4)n3)c2)COC1. The van der Waals surface area contributed by atoms with E-state index >= 15 is 0 Å². The molecule has 0 radical (unpaired) electrons. The molecule has 39 heavy (non-hydrogen) atoms. The molecule has 0 aliphatic carbocycles. The minimum Gasteiger partial charge on any atom is -0.466 e. The maximum Gasteiger partial charge on any atom is 0.355 e. The highest BCUT2D eigenvalue weighted by Gasteiger charge is 2.32. The highest BCUT2D eigenvalue weighted by molar-refractivity contribution is 6.03. The van der Waals surface area contributed by atoms with E-state index in [1.807, 2.05) is 30.3 Å². The number of nitrogens with two attached hydrogens (primary N) is 1. The molecule has 11 heteroatoms. The highest BCUT2D eigenvalue weighted by atomic mass is 16.5. The van der Waals surface area contributed by atoms with Gasteiger partial charge in [-0.3, -0.25) is 5.10 Å². The van der Waals surface area contributed by atoms with Crippen LogP contribution in [0.2, 0.25) is 0 Å². The number of aromatic amines is 1. The Balaban J connectivity index is 1.42. The van der Waals surface area contributed by atoms with Gasteiger partial charge in [0, 0.05) is 22.5 Å². The normalized spacial score (nSPS) is 13.2. The van der Waals surface area contributed by atoms with E-state index in [2.05, 4.69) is 15.2 Å². The largest absolute Gasteiger partial charge is 0.466 e. The summed E-state index contributed by atoms with van der Waals surface area (Å²) in [6.45, 7) is -0.0346. The van der Waals surface area contributed by atoms with Gasteiger partial charge in [0.2, 0.25) is 0 Å². The van der Waals surface area contributed by atoms with Gasteiger partial charge < -0.3 is 29.6 Å². The zero-order valence-corrected chi connectivity index (χ0v) is 21.2. The third kappa shape index (κ3) is 5.43. The molecule has 0 saturated carbocycles. The minimum atomic E-state index is -0.676. The van der Waals surface area contributed by atoms with Crippen LogP contribution >= 0.6 is 0 Å². The molecule has 1 aliphatic rings. The second kappa shape index (κ2) is 11.1. The third-order valence-electron chi connectivity index (χ3n) is 5.96. The Kier molecular flexibility index (Phi) is 7.23. The molecule has 5 rings (SSSR count). The lowest BCUT2D eigenvalue weighted by molar-refractivity contribution is -0.140. The number of esters is 2. The van der Waals surface area contributed by atoms with Crippen LogP contribution in [0.25, 0.3) is 22.8 Å². The van der Waals surface area contributed by atoms with E-state index in [9.17, 15) is 9.59 Å². The topological polar surface area (TPSA) is 142 Å². The van der Waals surface area contributed by atoms with Crippen LogP contribution in [-0.2, 0) is 23.8 Å². The second-order valence-electron chi connectivity index (χ2n) is 8.47. The lowest BCUT2D eigenvalue weighted by Gasteiger charge is -2.31. The van der Waals surface area contributed by atoms with Crippen molar-refractivity contribution < 1.29 is 28.5 Å². The number of methoxy groups -OCH3 is 2. The molecule has 4 aromatic rings. The molecule has 0 atom stereocenters. The van der Waals surface area contributed by atoms with Gasteiger partial charge in [-0.15, -0.1) is 0 Å². The molecule has 2 heterocycles. The van der Waals surface area contributed by atoms with Crippen LogP contribution in [0.15, 0.2) is 84.1 Å². The van der Waals surface area contributed by atoms with Gasteiger partial charge in [0.1, 0.15) is 23.9 Å². The van der Waals surface area contributed by atoms with E-state index < -0.39 is 11.9 Å². The van der Waals surface area contributed by atoms with Crippen molar-refractivity contribution in [2.24, 2.45) is 0 Å². The fraction of sp³-hybridized carbons (Fsp3) is 0.143. The maximum atomic E-state index is 12.6. The van der Waals surface area contributed by atoms with E-state index in [0.29, 0.717) is 40.1 Å². The molecule has 198 valence electrons. The Morgan fingerprint density at radius 3 is 2.44 bits per heavy atom. The summed E-state index contributed by atoms with van der Waals surface area (Å²) in [5.74, 6) is 0.927. The molecule has 11 nitrogen and oxygen atoms in total. The van der Waals surface area contributed by atoms with Crippen LogP contribution in [0.1, 0.15) is 0 Å². The summed E-state index contributed by atoms with van der Waals surface area (Å²) in [6.07, 6.45) is 0. The molecule has 1 aliphatic heterocycles. The molecule has 0 spiro atoms. The van der Waals surface area contributed by atoms with Gasteiger partial charge in [-0.25, -0.2) is 14.6 Å². The first-order valence-corrected chi connectivity index (χ1v) is 11.9. The average Bonchev–Trinajstić information content (AvgIpc) is 3.48. The number of nitrogens with zero attached hydrogens (tertiary/aromatic N) is 3. The lowest BCUT2D eigenvalue weighted by atomic mass is 10.1. The molecule has 0 bridgehead atoms. The number of hydrogen-bond acceptors (Lipinski definition) is 10. The summed E-state index contributed by atoms with van der Waals surface area (Å²) in [6, 6.07) is 21.8. The molecule has 3 N–H and O–H groups in total. The number of anilines is 2. The molecule has 1 aromatic heterocycles. The summed E-state index contributed by atoms with van der Waals surface area (Å²) in [5, 5.41) is 7.35. The van der Waals surface area contributed by atoms with Crippen molar-refractivity contribution in [3.63, 3.8) is 0 Å². The number of rotatable bonds is 7. The van der Waals surface area contributed by atoms with Crippen LogP contribution in [0.3, 0.4) is 0 Å². The summed E-state index contributed by atoms with van der Waals surface area (Å²) in [4.78, 5) is 31.1. The highest BCUT2D eigenvalue weighted by Crippen LogP contribution is 2.31. The number of carbonyl (C=O) groups excluding carboxylic acids is 2. The molecule has 3 aromatic carbocycles. The number of nitrogen functional groups attached to an aromatic ring is 1. The zero-order valence-electron chi connectivity index (χ0n) is 21.2. The van der Waals surface area contributed by atoms with Gasteiger partial charge in [-0.2, -0.15) is 5.10 Å². The number of nitrogens with one attached hydrogen (secondary N) is 1. The van der Waals surface area contributed by atoms with E-state index in [1.54, 1.807) is 47.4 Å². The first-order valence-electron chi connectivity index (χ1n) is 11.9. The fourth-order valence-electron chi connectivity index (χ4n) is 4.06. The van der Waals surface area contributed by atoms with Crippen molar-refractivity contribution in [3.8, 4) is 34.3 Å². The first kappa shape index (κ1) is 25.5. The second-order valence-corrected chi connectivity index (χ2v) is 8.47. The van der Waals surface area contributed by atoms with Gasteiger partial charge >= 0.3 is 11.9 Å². The van der Waals surface area contributed by atoms with Crippen molar-refractivity contribution in [2.45, 2.75) is 0 Å². The van der Waals surface area contributed by atoms with Crippen LogP contribution in [-0.4, -0.2) is 54.7 Å². The van der Waals surface area contributed by atoms with Crippen molar-refractivity contribution in [2.75, 3.05) is 38.2 Å². The number of hydrogen-bond donors (Lipinski definition) is 2. The van der Waals surface area contributed by atoms with Crippen molar-refractivity contribution in [3.05, 3.63) is 84.1 Å². The van der Waals surface area contributed by atoms with Crippen LogP contribution in [0, 0.1) is 0 Å². The van der Waals surface area contributed by atoms with Gasteiger partial charge in [-0.05, 0) is 48.5 Å². The number of aromatic nitrogens is 3. The minimum absolute atomic E-state index is 0.0361. The number of H-pyrrole nitrogens is 1. The molecule has 0 amide bonds. The van der Waals surface area contributed by atoms with Crippen LogP contribution in [0.5, 0.6) is 11.5 Å². The number of carbonyl (C=O) groups is 2. The van der Waals surface area contributed by atoms with Gasteiger partial charge in [0.25, 0.3) is 0 Å². The Bertz CT molecular complexity index is 1550. The third-order valence-corrected chi connectivity index (χ3v) is 5.96. The van der Waals surface area contributed by atoms with Gasteiger partial charge in [0.15, 0.2) is 11.6 Å². The van der Waals surface area contributed by atoms with Crippen LogP contribution < -0.4 is 15.4 Å². The van der Waals surface area contributed by atoms with E-state index in [1.165, 1.54) is 14.2 Å². The molecular weight excluding hydrogens is 502 g/mol. The summed E-state index contributed by atoms with van der Waals surface area (Å²) in [5.41, 5.74) is 8.57. The summed E-state index contributed by atoms with van der Waals surface area (Å²) >= 11 is 0. The Morgan fingerprint density at radius 2 is 1.67 bits per heavy atom. The van der Waals surface area contributed by atoms with Gasteiger partial charge in [0.05, 0.1) is 26.4 Å². The van der Waals surface area contributed by atoms with E-state index in [4.69, 9.17) is 24.7 Å². The average molecular weight is 528 g/mol. The number of benzene rings is 3. The maximum absolute atomic E-state index is 12.6. The standard InChI is InChI=1S/C28H25N5O6/c1-36-27(34)23-15-38-16-33(24(23)28(35)37-2)20-7-3-5-17(13-20)25-30-26(32-31-25)18-6-4-8-22(14-18)39-21-11-9-19(29)10-12-21/h3-14H,15-16,29H2,1-2H3,(H,30,31,32). The first-order chi connectivity index (χ1) is 19.0.